The smallest absolute Gasteiger partial charge is 0.168 e. The maximum Gasteiger partial charge on any atom is 0.168 e. The Kier molecular flexibility index (Phi) is 5.85. The Bertz CT molecular complexity index is 555. The Balaban J connectivity index is 1.95. The molecule has 1 unspecified atom stereocenters. The summed E-state index contributed by atoms with van der Waals surface area (Å²) in [6.07, 6.45) is 1.53. The molecule has 1 aromatic carbocycles. The summed E-state index contributed by atoms with van der Waals surface area (Å²) < 4.78 is 7.46. The molecule has 1 N–H and O–H groups in total. The topological polar surface area (TPSA) is 47.3 Å². The van der Waals surface area contributed by atoms with Crippen LogP contribution in [-0.4, -0.2) is 39.2 Å². The molecular formula is C16H22N2O2S. The SMILES string of the molecule is CC(C)OCC(O)CSc1ncc(-c2ccccc2)n1C. The van der Waals surface area contributed by atoms with E-state index in [1.165, 1.54) is 0 Å². The van der Waals surface area contributed by atoms with E-state index < -0.39 is 6.10 Å². The average Bonchev–Trinajstić information content (AvgIpc) is 2.85. The summed E-state index contributed by atoms with van der Waals surface area (Å²) in [5.41, 5.74) is 2.22. The van der Waals surface area contributed by atoms with Gasteiger partial charge in [-0.2, -0.15) is 0 Å². The number of ether oxygens (including phenoxy) is 1. The molecule has 2 rings (SSSR count). The van der Waals surface area contributed by atoms with Crippen molar-refractivity contribution < 1.29 is 9.84 Å². The van der Waals surface area contributed by atoms with Crippen LogP contribution in [-0.2, 0) is 11.8 Å². The lowest BCUT2D eigenvalue weighted by molar-refractivity contribution is 0.0152. The molecule has 0 fully saturated rings. The van der Waals surface area contributed by atoms with Gasteiger partial charge >= 0.3 is 0 Å². The quantitative estimate of drug-likeness (QED) is 0.799. The molecule has 0 saturated heterocycles. The third-order valence-electron chi connectivity index (χ3n) is 3.04. The minimum Gasteiger partial charge on any atom is -0.390 e. The molecule has 0 radical (unpaired) electrons. The molecule has 21 heavy (non-hydrogen) atoms. The third-order valence-corrected chi connectivity index (χ3v) is 4.23. The fourth-order valence-corrected chi connectivity index (χ4v) is 2.78. The summed E-state index contributed by atoms with van der Waals surface area (Å²) in [5.74, 6) is 0.575. The molecule has 0 aliphatic rings. The second-order valence-electron chi connectivity index (χ2n) is 5.20. The van der Waals surface area contributed by atoms with E-state index in [0.717, 1.165) is 16.4 Å². The van der Waals surface area contributed by atoms with E-state index in [2.05, 4.69) is 21.7 Å². The van der Waals surface area contributed by atoms with Crippen LogP contribution in [0.25, 0.3) is 11.3 Å². The van der Waals surface area contributed by atoms with E-state index in [1.54, 1.807) is 11.8 Å². The van der Waals surface area contributed by atoms with Gasteiger partial charge in [0.25, 0.3) is 0 Å². The van der Waals surface area contributed by atoms with Gasteiger partial charge in [-0.1, -0.05) is 42.1 Å². The van der Waals surface area contributed by atoms with Crippen LogP contribution in [0.15, 0.2) is 41.7 Å². The second-order valence-corrected chi connectivity index (χ2v) is 6.19. The van der Waals surface area contributed by atoms with Gasteiger partial charge in [-0.3, -0.25) is 0 Å². The first-order valence-corrected chi connectivity index (χ1v) is 8.06. The van der Waals surface area contributed by atoms with Crippen LogP contribution in [0.1, 0.15) is 13.8 Å². The highest BCUT2D eigenvalue weighted by atomic mass is 32.2. The maximum absolute atomic E-state index is 9.89. The highest BCUT2D eigenvalue weighted by Gasteiger charge is 2.12. The van der Waals surface area contributed by atoms with Crippen LogP contribution < -0.4 is 0 Å². The molecule has 1 aromatic heterocycles. The lowest BCUT2D eigenvalue weighted by Crippen LogP contribution is -2.20. The molecule has 114 valence electrons. The minimum atomic E-state index is -0.478. The number of nitrogens with zero attached hydrogens (tertiary/aromatic N) is 2. The fourth-order valence-electron chi connectivity index (χ4n) is 1.93. The van der Waals surface area contributed by atoms with Crippen molar-refractivity contribution in [1.29, 1.82) is 0 Å². The number of aromatic nitrogens is 2. The molecule has 0 spiro atoms. The number of hydrogen-bond acceptors (Lipinski definition) is 4. The molecule has 4 nitrogen and oxygen atoms in total. The van der Waals surface area contributed by atoms with Gasteiger partial charge in [-0.15, -0.1) is 0 Å². The van der Waals surface area contributed by atoms with Gasteiger partial charge in [-0.05, 0) is 19.4 Å². The van der Waals surface area contributed by atoms with E-state index in [9.17, 15) is 5.11 Å². The van der Waals surface area contributed by atoms with Gasteiger partial charge in [0.15, 0.2) is 5.16 Å². The number of imidazole rings is 1. The standard InChI is InChI=1S/C16H22N2O2S/c1-12(2)20-10-14(19)11-21-16-17-9-15(18(16)3)13-7-5-4-6-8-13/h4-9,12,14,19H,10-11H2,1-3H3. The Labute approximate surface area is 130 Å². The van der Waals surface area contributed by atoms with Crippen molar-refractivity contribution in [1.82, 2.24) is 9.55 Å². The zero-order valence-corrected chi connectivity index (χ0v) is 13.5. The summed E-state index contributed by atoms with van der Waals surface area (Å²) in [6, 6.07) is 10.2. The lowest BCUT2D eigenvalue weighted by atomic mass is 10.2. The first-order chi connectivity index (χ1) is 10.1. The summed E-state index contributed by atoms with van der Waals surface area (Å²) in [6.45, 7) is 4.29. The first kappa shape index (κ1) is 16.1. The van der Waals surface area contributed by atoms with Crippen LogP contribution >= 0.6 is 11.8 Å². The van der Waals surface area contributed by atoms with Gasteiger partial charge in [0, 0.05) is 12.8 Å². The Morgan fingerprint density at radius 2 is 2.00 bits per heavy atom. The number of hydrogen-bond donors (Lipinski definition) is 1. The maximum atomic E-state index is 9.89. The fraction of sp³-hybridized carbons (Fsp3) is 0.438. The predicted octanol–water partition coefficient (Wildman–Crippen LogP) is 2.97. The Hall–Kier alpha value is -1.30. The monoisotopic (exact) mass is 306 g/mol. The van der Waals surface area contributed by atoms with Gasteiger partial charge in [0.05, 0.1) is 30.7 Å². The van der Waals surface area contributed by atoms with Crippen LogP contribution in [0.3, 0.4) is 0 Å². The number of thioether (sulfide) groups is 1. The minimum absolute atomic E-state index is 0.141. The van der Waals surface area contributed by atoms with Crippen molar-refractivity contribution in [2.45, 2.75) is 31.2 Å². The second kappa shape index (κ2) is 7.64. The van der Waals surface area contributed by atoms with Gasteiger partial charge in [0.1, 0.15) is 0 Å². The van der Waals surface area contributed by atoms with Crippen molar-refractivity contribution in [2.75, 3.05) is 12.4 Å². The number of aliphatic hydroxyl groups is 1. The molecule has 1 atom stereocenters. The van der Waals surface area contributed by atoms with Crippen molar-refractivity contribution in [3.05, 3.63) is 36.5 Å². The molecule has 0 amide bonds. The molecular weight excluding hydrogens is 284 g/mol. The first-order valence-electron chi connectivity index (χ1n) is 7.07. The molecule has 0 aliphatic heterocycles. The molecule has 0 saturated carbocycles. The molecule has 5 heteroatoms. The Morgan fingerprint density at radius 3 is 2.67 bits per heavy atom. The molecule has 0 bridgehead atoms. The largest absolute Gasteiger partial charge is 0.390 e. The molecule has 2 aromatic rings. The van der Waals surface area contributed by atoms with Crippen LogP contribution in [0.5, 0.6) is 0 Å². The van der Waals surface area contributed by atoms with E-state index >= 15 is 0 Å². The van der Waals surface area contributed by atoms with Gasteiger partial charge < -0.3 is 14.4 Å². The van der Waals surface area contributed by atoms with E-state index in [4.69, 9.17) is 4.74 Å². The summed E-state index contributed by atoms with van der Waals surface area (Å²) >= 11 is 1.54. The van der Waals surface area contributed by atoms with Crippen LogP contribution in [0, 0.1) is 0 Å². The van der Waals surface area contributed by atoms with E-state index in [1.807, 2.05) is 45.3 Å². The number of rotatable bonds is 7. The predicted molar refractivity (Wildman–Crippen MR) is 86.5 cm³/mol. The summed E-state index contributed by atoms with van der Waals surface area (Å²) in [4.78, 5) is 4.43. The zero-order valence-electron chi connectivity index (χ0n) is 12.7. The van der Waals surface area contributed by atoms with E-state index in [-0.39, 0.29) is 6.10 Å². The van der Waals surface area contributed by atoms with Crippen LogP contribution in [0.2, 0.25) is 0 Å². The normalized spacial score (nSPS) is 12.8. The van der Waals surface area contributed by atoms with Crippen molar-refractivity contribution in [3.8, 4) is 11.3 Å². The summed E-state index contributed by atoms with van der Waals surface area (Å²) in [7, 11) is 1.99. The third kappa shape index (κ3) is 4.59. The van der Waals surface area contributed by atoms with Gasteiger partial charge in [-0.25, -0.2) is 4.98 Å². The summed E-state index contributed by atoms with van der Waals surface area (Å²) in [5, 5.41) is 10.8. The average molecular weight is 306 g/mol. The molecule has 0 aliphatic carbocycles. The van der Waals surface area contributed by atoms with Crippen molar-refractivity contribution in [2.24, 2.45) is 7.05 Å². The lowest BCUT2D eigenvalue weighted by Gasteiger charge is -2.13. The highest BCUT2D eigenvalue weighted by molar-refractivity contribution is 7.99. The highest BCUT2D eigenvalue weighted by Crippen LogP contribution is 2.25. The van der Waals surface area contributed by atoms with E-state index in [0.29, 0.717) is 12.4 Å². The number of benzene rings is 1. The Morgan fingerprint density at radius 1 is 1.29 bits per heavy atom. The van der Waals surface area contributed by atoms with Crippen molar-refractivity contribution in [3.63, 3.8) is 0 Å². The number of aliphatic hydroxyl groups excluding tert-OH is 1. The van der Waals surface area contributed by atoms with Crippen molar-refractivity contribution >= 4 is 11.8 Å². The van der Waals surface area contributed by atoms with Crippen LogP contribution in [0.4, 0.5) is 0 Å². The molecule has 1 heterocycles. The zero-order chi connectivity index (χ0) is 15.2. The van der Waals surface area contributed by atoms with Gasteiger partial charge in [0.2, 0.25) is 0 Å².